The first-order valence-electron chi connectivity index (χ1n) is 6.72. The van der Waals surface area contributed by atoms with Crippen molar-refractivity contribution in [1.82, 2.24) is 15.0 Å². The normalized spacial score (nSPS) is 10.9. The van der Waals surface area contributed by atoms with E-state index in [1.54, 1.807) is 29.8 Å². The van der Waals surface area contributed by atoms with E-state index < -0.39 is 11.7 Å². The average Bonchev–Trinajstić information content (AvgIpc) is 2.92. The van der Waals surface area contributed by atoms with Gasteiger partial charge in [0.05, 0.1) is 33.8 Å². The number of anilines is 2. The highest BCUT2D eigenvalue weighted by molar-refractivity contribution is 9.10. The fraction of sp³-hybridized carbons (Fsp3) is 0.0667. The van der Waals surface area contributed by atoms with Crippen LogP contribution in [0, 0.1) is 5.82 Å². The smallest absolute Gasteiger partial charge is 0.276 e. The number of amides is 1. The molecule has 0 spiro atoms. The van der Waals surface area contributed by atoms with E-state index in [0.29, 0.717) is 16.2 Å². The summed E-state index contributed by atoms with van der Waals surface area (Å²) >= 11 is 9.42. The maximum atomic E-state index is 14.9. The summed E-state index contributed by atoms with van der Waals surface area (Å²) in [6.45, 7) is 0. The predicted molar refractivity (Wildman–Crippen MR) is 92.4 cm³/mol. The van der Waals surface area contributed by atoms with Gasteiger partial charge in [-0.25, -0.2) is 14.9 Å². The number of aryl methyl sites for hydroxylation is 1. The number of nitrogens with zero attached hydrogens (tertiary/aromatic N) is 2. The third-order valence-electron chi connectivity index (χ3n) is 3.50. The van der Waals surface area contributed by atoms with Crippen LogP contribution in [0.5, 0.6) is 0 Å². The van der Waals surface area contributed by atoms with Crippen LogP contribution in [0.1, 0.15) is 10.4 Å². The summed E-state index contributed by atoms with van der Waals surface area (Å²) in [6, 6.07) is 6.42. The summed E-state index contributed by atoms with van der Waals surface area (Å²) in [6.07, 6.45) is 1.44. The van der Waals surface area contributed by atoms with E-state index in [4.69, 9.17) is 16.8 Å². The number of nitrogens with one attached hydrogen (secondary N) is 2. The van der Waals surface area contributed by atoms with Gasteiger partial charge < -0.3 is 9.88 Å². The van der Waals surface area contributed by atoms with Crippen molar-refractivity contribution in [3.05, 3.63) is 51.5 Å². The zero-order valence-electron chi connectivity index (χ0n) is 12.3. The van der Waals surface area contributed by atoms with Crippen LogP contribution in [-0.4, -0.2) is 20.7 Å². The number of fused-ring (bicyclic) bond motifs is 1. The predicted octanol–water partition coefficient (Wildman–Crippen LogP) is 3.99. The van der Waals surface area contributed by atoms with Crippen molar-refractivity contribution in [2.75, 3.05) is 5.32 Å². The molecule has 0 radical (unpaired) electrons. The van der Waals surface area contributed by atoms with Gasteiger partial charge in [0.25, 0.3) is 5.91 Å². The van der Waals surface area contributed by atoms with Gasteiger partial charge in [0, 0.05) is 11.5 Å². The van der Waals surface area contributed by atoms with Gasteiger partial charge in [-0.2, -0.15) is 0 Å². The Morgan fingerprint density at radius 3 is 2.83 bits per heavy atom. The Labute approximate surface area is 149 Å². The number of carbonyl (C=O) groups excluding carboxylic acids is 1. The molecule has 0 bridgehead atoms. The van der Waals surface area contributed by atoms with E-state index in [2.05, 4.69) is 26.2 Å². The van der Waals surface area contributed by atoms with Gasteiger partial charge in [-0.05, 0) is 24.3 Å². The zero-order valence-corrected chi connectivity index (χ0v) is 14.6. The fourth-order valence-electron chi connectivity index (χ4n) is 2.31. The average molecular weight is 414 g/mol. The molecule has 9 heteroatoms. The van der Waals surface area contributed by atoms with Crippen molar-refractivity contribution in [2.45, 2.75) is 0 Å². The summed E-state index contributed by atoms with van der Waals surface area (Å²) in [5.41, 5.74) is 2.23. The summed E-state index contributed by atoms with van der Waals surface area (Å²) in [7, 11) is 1.67. The molecule has 3 aromatic rings. The first-order chi connectivity index (χ1) is 11.4. The highest BCUT2D eigenvalue weighted by atomic mass is 79.9. The molecule has 3 rings (SSSR count). The van der Waals surface area contributed by atoms with Crippen LogP contribution in [0.3, 0.4) is 0 Å². The van der Waals surface area contributed by atoms with Crippen molar-refractivity contribution >= 4 is 55.8 Å². The van der Waals surface area contributed by atoms with Gasteiger partial charge in [-0.3, -0.25) is 10.0 Å². The minimum Gasteiger partial charge on any atom is -0.351 e. The van der Waals surface area contributed by atoms with Crippen molar-refractivity contribution in [2.24, 2.45) is 7.05 Å². The minimum absolute atomic E-state index is 0.0786. The van der Waals surface area contributed by atoms with Gasteiger partial charge in [0.1, 0.15) is 5.52 Å². The monoisotopic (exact) mass is 412 g/mol. The molecule has 0 aliphatic heterocycles. The molecule has 0 unspecified atom stereocenters. The maximum absolute atomic E-state index is 14.9. The largest absolute Gasteiger partial charge is 0.351 e. The summed E-state index contributed by atoms with van der Waals surface area (Å²) in [4.78, 5) is 16.0. The van der Waals surface area contributed by atoms with E-state index in [1.165, 1.54) is 17.9 Å². The Morgan fingerprint density at radius 1 is 1.42 bits per heavy atom. The first kappa shape index (κ1) is 16.7. The summed E-state index contributed by atoms with van der Waals surface area (Å²) < 4.78 is 17.2. The second-order valence-corrected chi connectivity index (χ2v) is 6.35. The van der Waals surface area contributed by atoms with Crippen LogP contribution in [-0.2, 0) is 7.05 Å². The number of hydrogen-bond acceptors (Lipinski definition) is 4. The molecule has 0 aliphatic carbocycles. The molecule has 1 aromatic heterocycles. The molecule has 6 nitrogen and oxygen atoms in total. The van der Waals surface area contributed by atoms with Crippen molar-refractivity contribution < 1.29 is 14.4 Å². The quantitative estimate of drug-likeness (QED) is 0.448. The lowest BCUT2D eigenvalue weighted by atomic mass is 10.1. The second kappa shape index (κ2) is 6.39. The third-order valence-corrected chi connectivity index (χ3v) is 4.30. The molecule has 3 N–H and O–H groups in total. The summed E-state index contributed by atoms with van der Waals surface area (Å²) in [5.74, 6) is -1.57. The molecule has 0 saturated carbocycles. The first-order valence-corrected chi connectivity index (χ1v) is 7.89. The van der Waals surface area contributed by atoms with Crippen LogP contribution >= 0.6 is 27.5 Å². The van der Waals surface area contributed by atoms with Crippen LogP contribution in [0.25, 0.3) is 11.0 Å². The Balaban J connectivity index is 2.21. The number of aromatic nitrogens is 2. The van der Waals surface area contributed by atoms with Crippen molar-refractivity contribution in [3.63, 3.8) is 0 Å². The van der Waals surface area contributed by atoms with Gasteiger partial charge in [0.2, 0.25) is 0 Å². The number of hydroxylamine groups is 1. The van der Waals surface area contributed by atoms with E-state index >= 15 is 0 Å². The molecule has 2 aromatic carbocycles. The summed E-state index contributed by atoms with van der Waals surface area (Å²) in [5, 5.41) is 12.1. The van der Waals surface area contributed by atoms with Crippen LogP contribution in [0.4, 0.5) is 15.8 Å². The fourth-order valence-corrected chi connectivity index (χ4v) is 3.03. The van der Waals surface area contributed by atoms with Gasteiger partial charge >= 0.3 is 0 Å². The molecular weight excluding hydrogens is 403 g/mol. The standard InChI is InChI=1S/C15H11BrClFN4O2/c1-22-6-19-14-11(22)5-8(15(23)21-24)13(12(14)18)20-10-3-2-7(16)4-9(10)17/h2-6,20,24H,1H3,(H,21,23). The third kappa shape index (κ3) is 2.83. The molecule has 0 fully saturated rings. The maximum Gasteiger partial charge on any atom is 0.276 e. The van der Waals surface area contributed by atoms with Crippen LogP contribution in [0.2, 0.25) is 5.02 Å². The number of rotatable bonds is 3. The molecule has 0 atom stereocenters. The van der Waals surface area contributed by atoms with E-state index in [0.717, 1.165) is 4.47 Å². The second-order valence-electron chi connectivity index (χ2n) is 5.03. The van der Waals surface area contributed by atoms with Crippen LogP contribution in [0.15, 0.2) is 35.1 Å². The molecular formula is C15H11BrClFN4O2. The molecule has 24 heavy (non-hydrogen) atoms. The molecule has 124 valence electrons. The van der Waals surface area contributed by atoms with E-state index in [-0.39, 0.29) is 16.8 Å². The highest BCUT2D eigenvalue weighted by Crippen LogP contribution is 2.34. The highest BCUT2D eigenvalue weighted by Gasteiger charge is 2.21. The molecule has 1 heterocycles. The SMILES string of the molecule is Cn1cnc2c(F)c(Nc3ccc(Br)cc3Cl)c(C(=O)NO)cc21. The lowest BCUT2D eigenvalue weighted by molar-refractivity contribution is 0.0707. The number of carbonyl (C=O) groups is 1. The lowest BCUT2D eigenvalue weighted by Gasteiger charge is -2.14. The Morgan fingerprint density at radius 2 is 2.17 bits per heavy atom. The number of imidazole rings is 1. The Hall–Kier alpha value is -2.16. The van der Waals surface area contributed by atoms with Gasteiger partial charge in [-0.1, -0.05) is 27.5 Å². The topological polar surface area (TPSA) is 79.2 Å². The van der Waals surface area contributed by atoms with E-state index in [1.807, 2.05) is 0 Å². The van der Waals surface area contributed by atoms with Gasteiger partial charge in [0.15, 0.2) is 5.82 Å². The Bertz CT molecular complexity index is 960. The van der Waals surface area contributed by atoms with Gasteiger partial charge in [-0.15, -0.1) is 0 Å². The van der Waals surface area contributed by atoms with Crippen LogP contribution < -0.4 is 10.8 Å². The zero-order chi connectivity index (χ0) is 17.4. The lowest BCUT2D eigenvalue weighted by Crippen LogP contribution is -2.20. The number of hydrogen-bond donors (Lipinski definition) is 3. The molecule has 0 aliphatic rings. The molecule has 0 saturated heterocycles. The number of halogens is 3. The Kier molecular flexibility index (Phi) is 4.44. The molecule has 1 amide bonds. The van der Waals surface area contributed by atoms with Crippen molar-refractivity contribution in [1.29, 1.82) is 0 Å². The number of benzene rings is 2. The minimum atomic E-state index is -0.854. The van der Waals surface area contributed by atoms with E-state index in [9.17, 15) is 9.18 Å². The van der Waals surface area contributed by atoms with Crippen molar-refractivity contribution in [3.8, 4) is 0 Å².